The van der Waals surface area contributed by atoms with E-state index >= 15 is 0 Å². The predicted molar refractivity (Wildman–Crippen MR) is 110 cm³/mol. The highest BCUT2D eigenvalue weighted by Crippen LogP contribution is 2.25. The summed E-state index contributed by atoms with van der Waals surface area (Å²) in [5, 5.41) is 6.31. The van der Waals surface area contributed by atoms with Crippen molar-refractivity contribution in [2.45, 2.75) is 45.4 Å². The normalized spacial score (nSPS) is 17.6. The molecule has 1 atom stereocenters. The first-order chi connectivity index (χ1) is 12.7. The molecule has 0 spiro atoms. The summed E-state index contributed by atoms with van der Waals surface area (Å²) in [7, 11) is 3.41. The molecular weight excluding hydrogens is 412 g/mol. The molecule has 1 amide bonds. The smallest absolute Gasteiger partial charge is 0.407 e. The highest BCUT2D eigenvalue weighted by molar-refractivity contribution is 9.10. The van der Waals surface area contributed by atoms with E-state index in [0.29, 0.717) is 13.1 Å². The van der Waals surface area contributed by atoms with Crippen LogP contribution >= 0.6 is 15.9 Å². The lowest BCUT2D eigenvalue weighted by atomic mass is 10.2. The SMILES string of the molecule is CN=C(NCc1ccc(OC)c(Br)c1)N1CCC(NC(=O)OC(C)(C)C)C1. The number of ether oxygens (including phenoxy) is 2. The lowest BCUT2D eigenvalue weighted by Crippen LogP contribution is -2.44. The Morgan fingerprint density at radius 3 is 2.74 bits per heavy atom. The molecule has 27 heavy (non-hydrogen) atoms. The van der Waals surface area contributed by atoms with E-state index in [1.54, 1.807) is 14.2 Å². The molecule has 0 bridgehead atoms. The number of methoxy groups -OCH3 is 1. The molecule has 1 aliphatic heterocycles. The van der Waals surface area contributed by atoms with Crippen LogP contribution in [0.2, 0.25) is 0 Å². The zero-order valence-corrected chi connectivity index (χ0v) is 18.2. The van der Waals surface area contributed by atoms with Crippen molar-refractivity contribution in [3.05, 3.63) is 28.2 Å². The highest BCUT2D eigenvalue weighted by Gasteiger charge is 2.27. The van der Waals surface area contributed by atoms with Gasteiger partial charge in [0.2, 0.25) is 0 Å². The van der Waals surface area contributed by atoms with Crippen LogP contribution in [0, 0.1) is 0 Å². The Kier molecular flexibility index (Phi) is 7.35. The number of nitrogens with one attached hydrogen (secondary N) is 2. The largest absolute Gasteiger partial charge is 0.496 e. The first-order valence-electron chi connectivity index (χ1n) is 8.99. The fourth-order valence-electron chi connectivity index (χ4n) is 2.88. The minimum atomic E-state index is -0.493. The number of guanidine groups is 1. The Hall–Kier alpha value is -1.96. The number of amides is 1. The zero-order chi connectivity index (χ0) is 20.0. The van der Waals surface area contributed by atoms with Crippen molar-refractivity contribution < 1.29 is 14.3 Å². The summed E-state index contributed by atoms with van der Waals surface area (Å²) in [6.45, 7) is 7.75. The van der Waals surface area contributed by atoms with E-state index in [1.807, 2.05) is 39.0 Å². The Morgan fingerprint density at radius 2 is 2.15 bits per heavy atom. The minimum absolute atomic E-state index is 0.0496. The Balaban J connectivity index is 1.86. The second kappa shape index (κ2) is 9.30. The van der Waals surface area contributed by atoms with E-state index in [1.165, 1.54) is 0 Å². The molecule has 1 heterocycles. The van der Waals surface area contributed by atoms with E-state index in [9.17, 15) is 4.79 Å². The standard InChI is InChI=1S/C19H29BrN4O3/c1-19(2,3)27-18(25)23-14-8-9-24(12-14)17(21-4)22-11-13-6-7-16(26-5)15(20)10-13/h6-7,10,14H,8-9,11-12H2,1-5H3,(H,21,22)(H,23,25). The summed E-state index contributed by atoms with van der Waals surface area (Å²) in [5.41, 5.74) is 0.624. The molecule has 1 fully saturated rings. The molecule has 1 aliphatic rings. The van der Waals surface area contributed by atoms with Crippen molar-refractivity contribution >= 4 is 28.0 Å². The van der Waals surface area contributed by atoms with Crippen LogP contribution in [0.25, 0.3) is 0 Å². The van der Waals surface area contributed by atoms with Gasteiger partial charge in [-0.25, -0.2) is 4.79 Å². The molecule has 2 rings (SSSR count). The lowest BCUT2D eigenvalue weighted by Gasteiger charge is -2.23. The molecule has 7 nitrogen and oxygen atoms in total. The van der Waals surface area contributed by atoms with Gasteiger partial charge in [-0.1, -0.05) is 6.07 Å². The molecule has 0 aromatic heterocycles. The number of rotatable bonds is 4. The maximum atomic E-state index is 11.9. The monoisotopic (exact) mass is 440 g/mol. The van der Waals surface area contributed by atoms with Crippen molar-refractivity contribution in [1.82, 2.24) is 15.5 Å². The molecular formula is C19H29BrN4O3. The molecule has 2 N–H and O–H groups in total. The van der Waals surface area contributed by atoms with E-state index in [-0.39, 0.29) is 12.1 Å². The maximum absolute atomic E-state index is 11.9. The summed E-state index contributed by atoms with van der Waals surface area (Å²) in [6.07, 6.45) is 0.481. The molecule has 150 valence electrons. The maximum Gasteiger partial charge on any atom is 0.407 e. The Bertz CT molecular complexity index is 688. The number of likely N-dealkylation sites (tertiary alicyclic amines) is 1. The number of halogens is 1. The molecule has 0 saturated carbocycles. The van der Waals surface area contributed by atoms with Gasteiger partial charge in [0.1, 0.15) is 11.4 Å². The second-order valence-electron chi connectivity index (χ2n) is 7.45. The van der Waals surface area contributed by atoms with Gasteiger partial charge in [0.25, 0.3) is 0 Å². The number of hydrogen-bond donors (Lipinski definition) is 2. The predicted octanol–water partition coefficient (Wildman–Crippen LogP) is 3.13. The molecule has 0 aliphatic carbocycles. The average molecular weight is 441 g/mol. The van der Waals surface area contributed by atoms with Crippen LogP contribution in [0.1, 0.15) is 32.8 Å². The van der Waals surface area contributed by atoms with Gasteiger partial charge < -0.3 is 25.0 Å². The first-order valence-corrected chi connectivity index (χ1v) is 9.78. The van der Waals surface area contributed by atoms with Crippen molar-refractivity contribution in [3.63, 3.8) is 0 Å². The van der Waals surface area contributed by atoms with Gasteiger partial charge >= 0.3 is 6.09 Å². The zero-order valence-electron chi connectivity index (χ0n) is 16.6. The van der Waals surface area contributed by atoms with Crippen LogP contribution in [-0.2, 0) is 11.3 Å². The van der Waals surface area contributed by atoms with Gasteiger partial charge in [-0.05, 0) is 60.8 Å². The van der Waals surface area contributed by atoms with Gasteiger partial charge in [-0.2, -0.15) is 0 Å². The number of carbonyl (C=O) groups is 1. The number of nitrogens with zero attached hydrogens (tertiary/aromatic N) is 2. The third-order valence-electron chi connectivity index (χ3n) is 4.09. The summed E-state index contributed by atoms with van der Waals surface area (Å²) in [5.74, 6) is 1.62. The van der Waals surface area contributed by atoms with E-state index < -0.39 is 5.60 Å². The van der Waals surface area contributed by atoms with E-state index in [0.717, 1.165) is 34.7 Å². The van der Waals surface area contributed by atoms with Gasteiger partial charge in [-0.3, -0.25) is 4.99 Å². The number of benzene rings is 1. The molecule has 1 aromatic carbocycles. The Morgan fingerprint density at radius 1 is 1.41 bits per heavy atom. The molecule has 1 aromatic rings. The van der Waals surface area contributed by atoms with Crippen LogP contribution in [0.15, 0.2) is 27.7 Å². The second-order valence-corrected chi connectivity index (χ2v) is 8.30. The van der Waals surface area contributed by atoms with Crippen molar-refractivity contribution in [2.75, 3.05) is 27.2 Å². The van der Waals surface area contributed by atoms with Crippen LogP contribution in [-0.4, -0.2) is 55.8 Å². The third kappa shape index (κ3) is 6.61. The van der Waals surface area contributed by atoms with Crippen LogP contribution in [0.4, 0.5) is 4.79 Å². The molecule has 8 heteroatoms. The first kappa shape index (κ1) is 21.3. The fourth-order valence-corrected chi connectivity index (χ4v) is 3.47. The molecule has 1 saturated heterocycles. The molecule has 0 radical (unpaired) electrons. The quantitative estimate of drug-likeness (QED) is 0.555. The summed E-state index contributed by atoms with van der Waals surface area (Å²) in [4.78, 5) is 18.4. The minimum Gasteiger partial charge on any atom is -0.496 e. The van der Waals surface area contributed by atoms with E-state index in [4.69, 9.17) is 9.47 Å². The van der Waals surface area contributed by atoms with Crippen molar-refractivity contribution in [3.8, 4) is 5.75 Å². The number of aliphatic imine (C=N–C) groups is 1. The van der Waals surface area contributed by atoms with Gasteiger partial charge in [0.15, 0.2) is 5.96 Å². The van der Waals surface area contributed by atoms with Gasteiger partial charge in [0.05, 0.1) is 17.6 Å². The summed E-state index contributed by atoms with van der Waals surface area (Å²) >= 11 is 3.50. The number of hydrogen-bond acceptors (Lipinski definition) is 4. The Labute approximate surface area is 169 Å². The molecule has 1 unspecified atom stereocenters. The van der Waals surface area contributed by atoms with Crippen LogP contribution < -0.4 is 15.4 Å². The van der Waals surface area contributed by atoms with Crippen molar-refractivity contribution in [1.29, 1.82) is 0 Å². The third-order valence-corrected chi connectivity index (χ3v) is 4.71. The summed E-state index contributed by atoms with van der Waals surface area (Å²) < 4.78 is 11.5. The topological polar surface area (TPSA) is 75.2 Å². The van der Waals surface area contributed by atoms with Crippen molar-refractivity contribution in [2.24, 2.45) is 4.99 Å². The van der Waals surface area contributed by atoms with Gasteiger partial charge in [0, 0.05) is 26.7 Å². The number of alkyl carbamates (subject to hydrolysis) is 1. The van der Waals surface area contributed by atoms with Gasteiger partial charge in [-0.15, -0.1) is 0 Å². The lowest BCUT2D eigenvalue weighted by molar-refractivity contribution is 0.0507. The average Bonchev–Trinajstić information content (AvgIpc) is 3.02. The van der Waals surface area contributed by atoms with E-state index in [2.05, 4.69) is 36.5 Å². The number of carbonyl (C=O) groups excluding carboxylic acids is 1. The van der Waals surface area contributed by atoms with Crippen LogP contribution in [0.5, 0.6) is 5.75 Å². The fraction of sp³-hybridized carbons (Fsp3) is 0.579. The summed E-state index contributed by atoms with van der Waals surface area (Å²) in [6, 6.07) is 6.02. The van der Waals surface area contributed by atoms with Crippen LogP contribution in [0.3, 0.4) is 0 Å². The highest BCUT2D eigenvalue weighted by atomic mass is 79.9.